The number of rotatable bonds is 5. The number of thiophene rings is 1. The van der Waals surface area contributed by atoms with E-state index in [-0.39, 0.29) is 0 Å². The Morgan fingerprint density at radius 2 is 1.79 bits per heavy atom. The molecule has 2 heterocycles. The highest BCUT2D eigenvalue weighted by atomic mass is 35.5. The number of benzene rings is 2. The van der Waals surface area contributed by atoms with Gasteiger partial charge in [-0.1, -0.05) is 48.5 Å². The highest BCUT2D eigenvalue weighted by molar-refractivity contribution is 7.17. The molecule has 0 amide bonds. The van der Waals surface area contributed by atoms with Crippen LogP contribution in [0.3, 0.4) is 0 Å². The molecule has 0 aliphatic heterocycles. The molecule has 4 aromatic rings. The number of nitrogens with zero attached hydrogens (tertiary/aromatic N) is 3. The van der Waals surface area contributed by atoms with E-state index >= 15 is 0 Å². The fraction of sp³-hybridized carbons (Fsp3) is 0.217. The summed E-state index contributed by atoms with van der Waals surface area (Å²) >= 11 is 7.91. The van der Waals surface area contributed by atoms with E-state index in [1.807, 2.05) is 6.07 Å². The first kappa shape index (κ1) is 18.9. The zero-order chi connectivity index (χ0) is 19.7. The van der Waals surface area contributed by atoms with Crippen molar-refractivity contribution >= 4 is 39.0 Å². The lowest BCUT2D eigenvalue weighted by Crippen LogP contribution is -2.23. The maximum absolute atomic E-state index is 6.29. The predicted molar refractivity (Wildman–Crippen MR) is 121 cm³/mol. The third-order valence-corrected chi connectivity index (χ3v) is 6.14. The van der Waals surface area contributed by atoms with Crippen LogP contribution in [0, 0.1) is 13.8 Å². The minimum Gasteiger partial charge on any atom is -0.352 e. The number of aryl methyl sites for hydroxylation is 2. The van der Waals surface area contributed by atoms with Crippen LogP contribution in [0.5, 0.6) is 0 Å². The third kappa shape index (κ3) is 3.62. The number of anilines is 1. The molecule has 0 fully saturated rings. The third-order valence-electron chi connectivity index (χ3n) is 5.10. The van der Waals surface area contributed by atoms with Crippen molar-refractivity contribution in [2.75, 3.05) is 11.4 Å². The average molecular weight is 408 g/mol. The molecule has 0 saturated carbocycles. The van der Waals surface area contributed by atoms with Gasteiger partial charge in [0.15, 0.2) is 0 Å². The highest BCUT2D eigenvalue weighted by Gasteiger charge is 2.19. The van der Waals surface area contributed by atoms with Crippen LogP contribution in [0.25, 0.3) is 21.3 Å². The van der Waals surface area contributed by atoms with Gasteiger partial charge in [-0.05, 0) is 54.6 Å². The van der Waals surface area contributed by atoms with Crippen molar-refractivity contribution in [3.8, 4) is 11.1 Å². The van der Waals surface area contributed by atoms with Crippen molar-refractivity contribution in [1.82, 2.24) is 9.97 Å². The van der Waals surface area contributed by atoms with Crippen LogP contribution in [0.15, 0.2) is 53.9 Å². The van der Waals surface area contributed by atoms with Crippen LogP contribution >= 0.6 is 22.9 Å². The van der Waals surface area contributed by atoms with Crippen LogP contribution in [0.1, 0.15) is 23.6 Å². The van der Waals surface area contributed by atoms with Gasteiger partial charge in [-0.3, -0.25) is 0 Å². The summed E-state index contributed by atoms with van der Waals surface area (Å²) in [7, 11) is 0. The number of fused-ring (bicyclic) bond motifs is 1. The van der Waals surface area contributed by atoms with Gasteiger partial charge in [0.05, 0.1) is 5.39 Å². The molecule has 0 unspecified atom stereocenters. The second-order valence-electron chi connectivity index (χ2n) is 6.94. The standard InChI is InChI=1S/C23H22ClN3S/c1-4-27(13-17-8-6-5-7-9-17)21-20-19(14-28-22(20)26-23(24)25-21)18-11-10-15(2)16(3)12-18/h5-12,14H,4,13H2,1-3H3. The van der Waals surface area contributed by atoms with E-state index in [9.17, 15) is 0 Å². The SMILES string of the molecule is CCN(Cc1ccccc1)c1nc(Cl)nc2scc(-c3ccc(C)c(C)c3)c12. The Hall–Kier alpha value is -2.43. The Morgan fingerprint density at radius 1 is 1.00 bits per heavy atom. The van der Waals surface area contributed by atoms with Gasteiger partial charge in [-0.25, -0.2) is 4.98 Å². The summed E-state index contributed by atoms with van der Waals surface area (Å²) in [6.07, 6.45) is 0. The van der Waals surface area contributed by atoms with Crippen molar-refractivity contribution in [3.05, 3.63) is 75.9 Å². The molecule has 2 aromatic heterocycles. The summed E-state index contributed by atoms with van der Waals surface area (Å²) < 4.78 is 0. The molecular weight excluding hydrogens is 386 g/mol. The van der Waals surface area contributed by atoms with Crippen molar-refractivity contribution in [2.45, 2.75) is 27.3 Å². The minimum absolute atomic E-state index is 0.294. The Bertz CT molecular complexity index is 1120. The van der Waals surface area contributed by atoms with E-state index < -0.39 is 0 Å². The highest BCUT2D eigenvalue weighted by Crippen LogP contribution is 2.39. The summed E-state index contributed by atoms with van der Waals surface area (Å²) in [6.45, 7) is 8.04. The summed E-state index contributed by atoms with van der Waals surface area (Å²) in [5, 5.41) is 3.54. The zero-order valence-corrected chi connectivity index (χ0v) is 17.8. The van der Waals surface area contributed by atoms with E-state index in [4.69, 9.17) is 11.6 Å². The number of hydrogen-bond acceptors (Lipinski definition) is 4. The van der Waals surface area contributed by atoms with Gasteiger partial charge in [-0.15, -0.1) is 11.3 Å². The predicted octanol–water partition coefficient (Wildman–Crippen LogP) is 6.66. The molecule has 5 heteroatoms. The average Bonchev–Trinajstić information content (AvgIpc) is 3.12. The van der Waals surface area contributed by atoms with Gasteiger partial charge < -0.3 is 4.90 Å². The lowest BCUT2D eigenvalue weighted by molar-refractivity contribution is 0.817. The van der Waals surface area contributed by atoms with E-state index in [0.717, 1.165) is 29.1 Å². The maximum atomic E-state index is 6.29. The summed E-state index contributed by atoms with van der Waals surface area (Å²) in [5.41, 5.74) is 6.18. The fourth-order valence-corrected chi connectivity index (χ4v) is 4.55. The van der Waals surface area contributed by atoms with Crippen LogP contribution in [0.2, 0.25) is 5.28 Å². The van der Waals surface area contributed by atoms with Crippen LogP contribution in [0.4, 0.5) is 5.82 Å². The Morgan fingerprint density at radius 3 is 2.50 bits per heavy atom. The van der Waals surface area contributed by atoms with Gasteiger partial charge in [0.1, 0.15) is 10.6 Å². The molecule has 142 valence electrons. The van der Waals surface area contributed by atoms with Crippen molar-refractivity contribution in [3.63, 3.8) is 0 Å². The summed E-state index contributed by atoms with van der Waals surface area (Å²) in [4.78, 5) is 12.3. The second kappa shape index (κ2) is 7.90. The van der Waals surface area contributed by atoms with Crippen molar-refractivity contribution < 1.29 is 0 Å². The fourth-order valence-electron chi connectivity index (χ4n) is 3.39. The van der Waals surface area contributed by atoms with Crippen molar-refractivity contribution in [1.29, 1.82) is 0 Å². The van der Waals surface area contributed by atoms with Gasteiger partial charge in [0.2, 0.25) is 5.28 Å². The first-order valence-corrected chi connectivity index (χ1v) is 10.6. The summed E-state index contributed by atoms with van der Waals surface area (Å²) in [6, 6.07) is 17.0. The van der Waals surface area contributed by atoms with Crippen LogP contribution in [-0.4, -0.2) is 16.5 Å². The number of hydrogen-bond donors (Lipinski definition) is 0. The monoisotopic (exact) mass is 407 g/mol. The lowest BCUT2D eigenvalue weighted by atomic mass is 10.0. The van der Waals surface area contributed by atoms with Crippen LogP contribution < -0.4 is 4.90 Å². The smallest absolute Gasteiger partial charge is 0.225 e. The normalized spacial score (nSPS) is 11.1. The Balaban J connectivity index is 1.87. The molecule has 28 heavy (non-hydrogen) atoms. The molecule has 0 radical (unpaired) electrons. The molecule has 0 atom stereocenters. The molecule has 0 N–H and O–H groups in total. The first-order chi connectivity index (χ1) is 13.6. The van der Waals surface area contributed by atoms with E-state index in [1.54, 1.807) is 11.3 Å². The molecule has 4 rings (SSSR count). The van der Waals surface area contributed by atoms with E-state index in [0.29, 0.717) is 5.28 Å². The quantitative estimate of drug-likeness (QED) is 0.346. The Kier molecular flexibility index (Phi) is 5.33. The topological polar surface area (TPSA) is 29.0 Å². The van der Waals surface area contributed by atoms with Gasteiger partial charge in [0.25, 0.3) is 0 Å². The molecule has 0 saturated heterocycles. The zero-order valence-electron chi connectivity index (χ0n) is 16.2. The minimum atomic E-state index is 0.294. The molecule has 2 aromatic carbocycles. The van der Waals surface area contributed by atoms with Crippen molar-refractivity contribution in [2.24, 2.45) is 0 Å². The largest absolute Gasteiger partial charge is 0.352 e. The van der Waals surface area contributed by atoms with Gasteiger partial charge in [-0.2, -0.15) is 4.98 Å². The molecule has 0 bridgehead atoms. The Labute approximate surface area is 174 Å². The number of aromatic nitrogens is 2. The van der Waals surface area contributed by atoms with E-state index in [1.165, 1.54) is 27.8 Å². The van der Waals surface area contributed by atoms with Gasteiger partial charge >= 0.3 is 0 Å². The summed E-state index contributed by atoms with van der Waals surface area (Å²) in [5.74, 6) is 0.899. The molecule has 0 aliphatic carbocycles. The molecule has 0 spiro atoms. The van der Waals surface area contributed by atoms with Crippen LogP contribution in [-0.2, 0) is 6.54 Å². The molecule has 0 aliphatic rings. The van der Waals surface area contributed by atoms with Gasteiger partial charge in [0, 0.05) is 24.0 Å². The number of halogens is 1. The van der Waals surface area contributed by atoms with E-state index in [2.05, 4.69) is 83.5 Å². The maximum Gasteiger partial charge on any atom is 0.225 e. The lowest BCUT2D eigenvalue weighted by Gasteiger charge is -2.23. The second-order valence-corrected chi connectivity index (χ2v) is 8.14. The molecular formula is C23H22ClN3S. The first-order valence-electron chi connectivity index (χ1n) is 9.38. The molecule has 3 nitrogen and oxygen atoms in total.